The largest absolute Gasteiger partial charge is 0.493 e. The third kappa shape index (κ3) is 2.72. The quantitative estimate of drug-likeness (QED) is 0.820. The molecule has 2 aliphatic heterocycles. The lowest BCUT2D eigenvalue weighted by Crippen LogP contribution is -2.52. The number of morpholine rings is 1. The fourth-order valence-corrected chi connectivity index (χ4v) is 2.50. The summed E-state index contributed by atoms with van der Waals surface area (Å²) in [4.78, 5) is 12.2. The van der Waals surface area contributed by atoms with E-state index in [9.17, 15) is 4.79 Å². The van der Waals surface area contributed by atoms with Gasteiger partial charge in [-0.2, -0.15) is 0 Å². The van der Waals surface area contributed by atoms with Crippen LogP contribution in [0.1, 0.15) is 18.0 Å². The van der Waals surface area contributed by atoms with Crippen LogP contribution in [-0.4, -0.2) is 38.3 Å². The maximum absolute atomic E-state index is 12.2. The van der Waals surface area contributed by atoms with Gasteiger partial charge in [0, 0.05) is 18.5 Å². The van der Waals surface area contributed by atoms with Crippen LogP contribution in [0.15, 0.2) is 24.3 Å². The van der Waals surface area contributed by atoms with E-state index in [-0.39, 0.29) is 18.0 Å². The van der Waals surface area contributed by atoms with E-state index in [1.54, 1.807) is 0 Å². The Morgan fingerprint density at radius 2 is 2.21 bits per heavy atom. The highest BCUT2D eigenvalue weighted by Crippen LogP contribution is 2.31. The lowest BCUT2D eigenvalue weighted by atomic mass is 10.00. The first kappa shape index (κ1) is 12.4. The molecule has 0 radical (unpaired) electrons. The van der Waals surface area contributed by atoms with Gasteiger partial charge in [0.15, 0.2) is 0 Å². The zero-order valence-corrected chi connectivity index (χ0v) is 10.7. The Labute approximate surface area is 112 Å². The van der Waals surface area contributed by atoms with E-state index < -0.39 is 0 Å². The number of amides is 1. The van der Waals surface area contributed by atoms with Gasteiger partial charge >= 0.3 is 0 Å². The summed E-state index contributed by atoms with van der Waals surface area (Å²) in [6, 6.07) is 7.64. The third-order valence-electron chi connectivity index (χ3n) is 3.51. The molecule has 0 saturated carbocycles. The summed E-state index contributed by atoms with van der Waals surface area (Å²) >= 11 is 0. The number of hydrogen-bond acceptors (Lipinski definition) is 4. The molecular formula is C14H18N2O3. The van der Waals surface area contributed by atoms with Crippen LogP contribution in [0.25, 0.3) is 0 Å². The number of carbonyl (C=O) groups is 1. The molecule has 2 atom stereocenters. The Kier molecular flexibility index (Phi) is 3.66. The highest BCUT2D eigenvalue weighted by molar-refractivity contribution is 5.82. The van der Waals surface area contributed by atoms with Gasteiger partial charge in [0.1, 0.15) is 11.8 Å². The molecule has 0 aromatic heterocycles. The van der Waals surface area contributed by atoms with Gasteiger partial charge in [0.2, 0.25) is 5.91 Å². The summed E-state index contributed by atoms with van der Waals surface area (Å²) < 4.78 is 10.9. The highest BCUT2D eigenvalue weighted by atomic mass is 16.5. The summed E-state index contributed by atoms with van der Waals surface area (Å²) in [6.07, 6.45) is 0.802. The van der Waals surface area contributed by atoms with Crippen LogP contribution in [0.5, 0.6) is 5.75 Å². The monoisotopic (exact) mass is 262 g/mol. The van der Waals surface area contributed by atoms with Crippen molar-refractivity contribution in [3.05, 3.63) is 29.8 Å². The van der Waals surface area contributed by atoms with E-state index in [4.69, 9.17) is 9.47 Å². The Morgan fingerprint density at radius 3 is 3.05 bits per heavy atom. The predicted octanol–water partition coefficient (Wildman–Crippen LogP) is 0.615. The molecule has 19 heavy (non-hydrogen) atoms. The van der Waals surface area contributed by atoms with Gasteiger partial charge in [-0.1, -0.05) is 18.2 Å². The van der Waals surface area contributed by atoms with Crippen LogP contribution in [0.2, 0.25) is 0 Å². The van der Waals surface area contributed by atoms with Gasteiger partial charge in [0.05, 0.1) is 25.9 Å². The van der Waals surface area contributed by atoms with Crippen molar-refractivity contribution in [2.24, 2.45) is 0 Å². The normalized spacial score (nSPS) is 26.1. The Bertz CT molecular complexity index is 458. The maximum atomic E-state index is 12.2. The van der Waals surface area contributed by atoms with Gasteiger partial charge < -0.3 is 20.1 Å². The molecule has 2 aliphatic rings. The van der Waals surface area contributed by atoms with Crippen molar-refractivity contribution in [2.75, 3.05) is 26.4 Å². The predicted molar refractivity (Wildman–Crippen MR) is 70.0 cm³/mol. The Morgan fingerprint density at radius 1 is 1.32 bits per heavy atom. The number of hydrogen-bond donors (Lipinski definition) is 2. The zero-order valence-electron chi connectivity index (χ0n) is 10.7. The van der Waals surface area contributed by atoms with E-state index in [0.29, 0.717) is 19.8 Å². The fourth-order valence-electron chi connectivity index (χ4n) is 2.50. The molecule has 1 amide bonds. The number of nitrogens with one attached hydrogen (secondary N) is 2. The smallest absolute Gasteiger partial charge is 0.240 e. The standard InChI is InChI=1S/C14H18N2O3/c17-14(12-9-18-8-6-15-12)16-11-5-7-19-13-4-2-1-3-10(11)13/h1-4,11-12,15H,5-9H2,(H,16,17). The van der Waals surface area contributed by atoms with Gasteiger partial charge in [-0.25, -0.2) is 0 Å². The van der Waals surface area contributed by atoms with Gasteiger partial charge in [-0.05, 0) is 6.07 Å². The molecular weight excluding hydrogens is 244 g/mol. The molecule has 1 aromatic carbocycles. The summed E-state index contributed by atoms with van der Waals surface area (Å²) in [6.45, 7) is 2.47. The number of fused-ring (bicyclic) bond motifs is 1. The molecule has 2 N–H and O–H groups in total. The van der Waals surface area contributed by atoms with Gasteiger partial charge in [-0.15, -0.1) is 0 Å². The van der Waals surface area contributed by atoms with E-state index >= 15 is 0 Å². The third-order valence-corrected chi connectivity index (χ3v) is 3.51. The second-order valence-electron chi connectivity index (χ2n) is 4.82. The highest BCUT2D eigenvalue weighted by Gasteiger charge is 2.27. The van der Waals surface area contributed by atoms with Crippen molar-refractivity contribution < 1.29 is 14.3 Å². The summed E-state index contributed by atoms with van der Waals surface area (Å²) in [7, 11) is 0. The molecule has 0 aliphatic carbocycles. The number of carbonyl (C=O) groups excluding carboxylic acids is 1. The SMILES string of the molecule is O=C(NC1CCOc2ccccc21)C1COCCN1. The van der Waals surface area contributed by atoms with Crippen LogP contribution >= 0.6 is 0 Å². The minimum absolute atomic E-state index is 0.00130. The van der Waals surface area contributed by atoms with Crippen molar-refractivity contribution in [3.63, 3.8) is 0 Å². The van der Waals surface area contributed by atoms with Crippen LogP contribution in [-0.2, 0) is 9.53 Å². The first-order valence-electron chi connectivity index (χ1n) is 6.68. The van der Waals surface area contributed by atoms with Gasteiger partial charge in [0.25, 0.3) is 0 Å². The molecule has 102 valence electrons. The number of ether oxygens (including phenoxy) is 2. The maximum Gasteiger partial charge on any atom is 0.240 e. The lowest BCUT2D eigenvalue weighted by Gasteiger charge is -2.29. The second kappa shape index (κ2) is 5.59. The van der Waals surface area contributed by atoms with Crippen LogP contribution in [0.3, 0.4) is 0 Å². The minimum atomic E-state index is -0.247. The number of rotatable bonds is 2. The van der Waals surface area contributed by atoms with E-state index in [1.165, 1.54) is 0 Å². The zero-order chi connectivity index (χ0) is 13.1. The molecule has 1 fully saturated rings. The average Bonchev–Trinajstić information content (AvgIpc) is 2.48. The summed E-state index contributed by atoms with van der Waals surface area (Å²) in [5.74, 6) is 0.869. The topological polar surface area (TPSA) is 59.6 Å². The Hall–Kier alpha value is -1.59. The first-order chi connectivity index (χ1) is 9.34. The lowest BCUT2D eigenvalue weighted by molar-refractivity contribution is -0.126. The van der Waals surface area contributed by atoms with Crippen molar-refractivity contribution >= 4 is 5.91 Å². The fraction of sp³-hybridized carbons (Fsp3) is 0.500. The van der Waals surface area contributed by atoms with Crippen molar-refractivity contribution in [2.45, 2.75) is 18.5 Å². The molecule has 5 heteroatoms. The van der Waals surface area contributed by atoms with Crippen LogP contribution < -0.4 is 15.4 Å². The molecule has 1 saturated heterocycles. The summed E-state index contributed by atoms with van der Waals surface area (Å²) in [5, 5.41) is 6.25. The molecule has 5 nitrogen and oxygen atoms in total. The molecule has 3 rings (SSSR count). The van der Waals surface area contributed by atoms with Crippen molar-refractivity contribution in [1.82, 2.24) is 10.6 Å². The first-order valence-corrected chi connectivity index (χ1v) is 6.68. The molecule has 0 spiro atoms. The summed E-state index contributed by atoms with van der Waals surface area (Å²) in [5.41, 5.74) is 1.05. The van der Waals surface area contributed by atoms with E-state index in [1.807, 2.05) is 24.3 Å². The van der Waals surface area contributed by atoms with Crippen LogP contribution in [0, 0.1) is 0 Å². The number of para-hydroxylation sites is 1. The molecule has 2 heterocycles. The average molecular weight is 262 g/mol. The van der Waals surface area contributed by atoms with E-state index in [0.717, 1.165) is 24.3 Å². The van der Waals surface area contributed by atoms with Crippen molar-refractivity contribution in [1.29, 1.82) is 0 Å². The molecule has 2 unspecified atom stereocenters. The molecule has 0 bridgehead atoms. The molecule has 1 aromatic rings. The second-order valence-corrected chi connectivity index (χ2v) is 4.82. The van der Waals surface area contributed by atoms with Gasteiger partial charge in [-0.3, -0.25) is 4.79 Å². The van der Waals surface area contributed by atoms with Crippen molar-refractivity contribution in [3.8, 4) is 5.75 Å². The van der Waals surface area contributed by atoms with E-state index in [2.05, 4.69) is 10.6 Å². The van der Waals surface area contributed by atoms with Crippen LogP contribution in [0.4, 0.5) is 0 Å². The number of benzene rings is 1. The minimum Gasteiger partial charge on any atom is -0.493 e. The Balaban J connectivity index is 1.68.